The van der Waals surface area contributed by atoms with E-state index in [1.807, 2.05) is 0 Å². The highest BCUT2D eigenvalue weighted by molar-refractivity contribution is 6.08. The first-order chi connectivity index (χ1) is 12.9. The summed E-state index contributed by atoms with van der Waals surface area (Å²) in [4.78, 5) is 0. The van der Waals surface area contributed by atoms with E-state index in [-0.39, 0.29) is 0 Å². The van der Waals surface area contributed by atoms with E-state index < -0.39 is 0 Å². The van der Waals surface area contributed by atoms with Gasteiger partial charge in [-0.2, -0.15) is 0 Å². The Morgan fingerprint density at radius 1 is 0.423 bits per heavy atom. The standard InChI is InChI=1S/C26H18/c1-3-7-23-17(5-1)9-11-19-13-22-16-26-20(14-21(22)15-25(19)23)12-10-18-6-2-4-8-24(18)26/h1-13,15H,14,16H2. The summed E-state index contributed by atoms with van der Waals surface area (Å²) in [5.41, 5.74) is 5.96. The first-order valence-corrected chi connectivity index (χ1v) is 9.29. The largest absolute Gasteiger partial charge is 0.0616 e. The molecule has 0 saturated carbocycles. The van der Waals surface area contributed by atoms with Crippen LogP contribution >= 0.6 is 0 Å². The van der Waals surface area contributed by atoms with Gasteiger partial charge in [0.1, 0.15) is 0 Å². The normalized spacial score (nSPS) is 13.1. The van der Waals surface area contributed by atoms with Crippen LogP contribution in [-0.4, -0.2) is 0 Å². The predicted octanol–water partition coefficient (Wildman–Crippen LogP) is 6.64. The maximum atomic E-state index is 2.44. The summed E-state index contributed by atoms with van der Waals surface area (Å²) in [6.07, 6.45) is 2.07. The van der Waals surface area contributed by atoms with Gasteiger partial charge in [-0.25, -0.2) is 0 Å². The first-order valence-electron chi connectivity index (χ1n) is 9.29. The van der Waals surface area contributed by atoms with Crippen LogP contribution in [0.5, 0.6) is 0 Å². The average molecular weight is 330 g/mol. The van der Waals surface area contributed by atoms with Crippen LogP contribution in [0.25, 0.3) is 32.3 Å². The number of benzene rings is 5. The monoisotopic (exact) mass is 330 g/mol. The predicted molar refractivity (Wildman–Crippen MR) is 111 cm³/mol. The molecule has 0 bridgehead atoms. The first kappa shape index (κ1) is 14.1. The molecule has 0 amide bonds. The Morgan fingerprint density at radius 2 is 1.08 bits per heavy atom. The molecule has 0 saturated heterocycles. The van der Waals surface area contributed by atoms with Gasteiger partial charge in [0, 0.05) is 0 Å². The molecule has 0 heterocycles. The molecule has 0 aliphatic heterocycles. The molecule has 26 heavy (non-hydrogen) atoms. The van der Waals surface area contributed by atoms with Gasteiger partial charge in [0.25, 0.3) is 0 Å². The summed E-state index contributed by atoms with van der Waals surface area (Å²) in [7, 11) is 0. The van der Waals surface area contributed by atoms with E-state index in [0.29, 0.717) is 0 Å². The van der Waals surface area contributed by atoms with Gasteiger partial charge in [0.15, 0.2) is 0 Å². The molecular weight excluding hydrogens is 312 g/mol. The molecule has 0 nitrogen and oxygen atoms in total. The number of hydrogen-bond acceptors (Lipinski definition) is 0. The zero-order valence-electron chi connectivity index (χ0n) is 14.5. The second-order valence-corrected chi connectivity index (χ2v) is 7.41. The van der Waals surface area contributed by atoms with Gasteiger partial charge in [0.05, 0.1) is 0 Å². The molecule has 1 aliphatic rings. The summed E-state index contributed by atoms with van der Waals surface area (Å²) < 4.78 is 0. The third-order valence-electron chi connectivity index (χ3n) is 5.95. The Kier molecular flexibility index (Phi) is 2.81. The van der Waals surface area contributed by atoms with E-state index >= 15 is 0 Å². The zero-order valence-corrected chi connectivity index (χ0v) is 14.5. The van der Waals surface area contributed by atoms with Crippen LogP contribution in [0.15, 0.2) is 84.9 Å². The van der Waals surface area contributed by atoms with Crippen LogP contribution in [0.4, 0.5) is 0 Å². The van der Waals surface area contributed by atoms with Crippen molar-refractivity contribution in [1.29, 1.82) is 0 Å². The van der Waals surface area contributed by atoms with Crippen LogP contribution in [0.1, 0.15) is 22.3 Å². The van der Waals surface area contributed by atoms with Gasteiger partial charge in [0.2, 0.25) is 0 Å². The second-order valence-electron chi connectivity index (χ2n) is 7.41. The van der Waals surface area contributed by atoms with Crippen molar-refractivity contribution in [3.05, 3.63) is 107 Å². The lowest BCUT2D eigenvalue weighted by Gasteiger charge is -2.22. The van der Waals surface area contributed by atoms with Gasteiger partial charge in [-0.15, -0.1) is 0 Å². The molecule has 0 spiro atoms. The van der Waals surface area contributed by atoms with E-state index in [1.54, 1.807) is 0 Å². The van der Waals surface area contributed by atoms with E-state index in [9.17, 15) is 0 Å². The molecule has 5 aromatic rings. The maximum absolute atomic E-state index is 2.44. The number of rotatable bonds is 0. The van der Waals surface area contributed by atoms with Crippen molar-refractivity contribution in [1.82, 2.24) is 0 Å². The Balaban J connectivity index is 1.60. The van der Waals surface area contributed by atoms with Crippen molar-refractivity contribution in [2.45, 2.75) is 12.8 Å². The molecule has 1 aliphatic carbocycles. The van der Waals surface area contributed by atoms with Gasteiger partial charge < -0.3 is 0 Å². The highest BCUT2D eigenvalue weighted by Crippen LogP contribution is 2.36. The van der Waals surface area contributed by atoms with Crippen LogP contribution in [0, 0.1) is 0 Å². The third-order valence-corrected chi connectivity index (χ3v) is 5.95. The molecule has 0 atom stereocenters. The minimum atomic E-state index is 1.04. The third kappa shape index (κ3) is 1.96. The maximum Gasteiger partial charge on any atom is -0.00137 e. The molecular formula is C26H18. The molecule has 122 valence electrons. The number of fused-ring (bicyclic) bond motifs is 7. The van der Waals surface area contributed by atoms with Gasteiger partial charge in [-0.3, -0.25) is 0 Å². The Bertz CT molecular complexity index is 1320. The fourth-order valence-corrected chi connectivity index (χ4v) is 4.63. The smallest absolute Gasteiger partial charge is 0.00137 e. The molecule has 0 fully saturated rings. The topological polar surface area (TPSA) is 0 Å². The van der Waals surface area contributed by atoms with E-state index in [4.69, 9.17) is 0 Å². The zero-order chi connectivity index (χ0) is 17.1. The SMILES string of the molecule is c1ccc2c3c(ccc2c1)Cc1cc2c(ccc4ccccc42)cc1C3. The molecule has 0 radical (unpaired) electrons. The van der Waals surface area contributed by atoms with Crippen molar-refractivity contribution < 1.29 is 0 Å². The summed E-state index contributed by atoms with van der Waals surface area (Å²) >= 11 is 0. The molecule has 6 rings (SSSR count). The Labute approximate surface area is 152 Å². The lowest BCUT2D eigenvalue weighted by atomic mass is 9.82. The van der Waals surface area contributed by atoms with Gasteiger partial charge >= 0.3 is 0 Å². The minimum absolute atomic E-state index is 1.04. The van der Waals surface area contributed by atoms with Crippen molar-refractivity contribution in [2.75, 3.05) is 0 Å². The van der Waals surface area contributed by atoms with Crippen LogP contribution < -0.4 is 0 Å². The highest BCUT2D eigenvalue weighted by atomic mass is 14.2. The molecule has 0 heteroatoms. The molecule has 0 unspecified atom stereocenters. The molecule has 0 N–H and O–H groups in total. The van der Waals surface area contributed by atoms with Crippen molar-refractivity contribution in [2.24, 2.45) is 0 Å². The van der Waals surface area contributed by atoms with E-state index in [2.05, 4.69) is 84.9 Å². The average Bonchev–Trinajstić information content (AvgIpc) is 2.71. The fraction of sp³-hybridized carbons (Fsp3) is 0.0769. The van der Waals surface area contributed by atoms with Crippen molar-refractivity contribution in [3.63, 3.8) is 0 Å². The summed E-state index contributed by atoms with van der Waals surface area (Å²) in [6, 6.07) is 31.5. The van der Waals surface area contributed by atoms with E-state index in [0.717, 1.165) is 12.8 Å². The van der Waals surface area contributed by atoms with Crippen molar-refractivity contribution in [3.8, 4) is 0 Å². The summed E-state index contributed by atoms with van der Waals surface area (Å²) in [5, 5.41) is 8.17. The number of hydrogen-bond donors (Lipinski definition) is 0. The van der Waals surface area contributed by atoms with Crippen molar-refractivity contribution >= 4 is 32.3 Å². The Morgan fingerprint density at radius 3 is 1.96 bits per heavy atom. The van der Waals surface area contributed by atoms with Gasteiger partial charge in [-0.1, -0.05) is 78.9 Å². The molecule has 5 aromatic carbocycles. The van der Waals surface area contributed by atoms with E-state index in [1.165, 1.54) is 54.6 Å². The fourth-order valence-electron chi connectivity index (χ4n) is 4.63. The lowest BCUT2D eigenvalue weighted by molar-refractivity contribution is 1.02. The molecule has 0 aromatic heterocycles. The highest BCUT2D eigenvalue weighted by Gasteiger charge is 2.18. The summed E-state index contributed by atoms with van der Waals surface area (Å²) in [5.74, 6) is 0. The van der Waals surface area contributed by atoms with Gasteiger partial charge in [-0.05, 0) is 73.5 Å². The minimum Gasteiger partial charge on any atom is -0.0616 e. The summed E-state index contributed by atoms with van der Waals surface area (Å²) in [6.45, 7) is 0. The van der Waals surface area contributed by atoms with Crippen LogP contribution in [-0.2, 0) is 12.8 Å². The van der Waals surface area contributed by atoms with Crippen LogP contribution in [0.2, 0.25) is 0 Å². The Hall–Kier alpha value is -3.12. The quantitative estimate of drug-likeness (QED) is 0.274. The lowest BCUT2D eigenvalue weighted by Crippen LogP contribution is -2.08. The second kappa shape index (κ2) is 5.19. The van der Waals surface area contributed by atoms with Crippen LogP contribution in [0.3, 0.4) is 0 Å².